The quantitative estimate of drug-likeness (QED) is 0.474. The number of primary sulfonamides is 1. The molecule has 0 spiro atoms. The SMILES string of the molecule is Cc1ccc(OCCCC(=O)O[C@H](C)C(=O)Nc2ccc(S(N)(=O)=O)cc2)cc1. The molecule has 0 fully saturated rings. The summed E-state index contributed by atoms with van der Waals surface area (Å²) in [5, 5.41) is 7.56. The molecule has 0 saturated heterocycles. The van der Waals surface area contributed by atoms with Crippen LogP contribution in [-0.4, -0.2) is 33.0 Å². The lowest BCUT2D eigenvalue weighted by Crippen LogP contribution is -2.30. The number of ether oxygens (including phenoxy) is 2. The van der Waals surface area contributed by atoms with Gasteiger partial charge in [0.15, 0.2) is 6.10 Å². The van der Waals surface area contributed by atoms with Crippen molar-refractivity contribution in [3.05, 3.63) is 54.1 Å². The second-order valence-electron chi connectivity index (χ2n) is 6.46. The summed E-state index contributed by atoms with van der Waals surface area (Å²) in [4.78, 5) is 23.9. The van der Waals surface area contributed by atoms with E-state index in [4.69, 9.17) is 14.6 Å². The lowest BCUT2D eigenvalue weighted by Gasteiger charge is -2.14. The molecule has 0 aliphatic carbocycles. The third-order valence-corrected chi connectivity index (χ3v) is 4.87. The van der Waals surface area contributed by atoms with Gasteiger partial charge < -0.3 is 14.8 Å². The zero-order valence-electron chi connectivity index (χ0n) is 16.3. The van der Waals surface area contributed by atoms with Crippen LogP contribution in [0.25, 0.3) is 0 Å². The Kier molecular flexibility index (Phi) is 7.74. The van der Waals surface area contributed by atoms with Crippen LogP contribution >= 0.6 is 0 Å². The summed E-state index contributed by atoms with van der Waals surface area (Å²) in [7, 11) is -3.80. The second-order valence-corrected chi connectivity index (χ2v) is 8.02. The molecule has 29 heavy (non-hydrogen) atoms. The Balaban J connectivity index is 1.72. The van der Waals surface area contributed by atoms with Gasteiger partial charge in [0.05, 0.1) is 11.5 Å². The summed E-state index contributed by atoms with van der Waals surface area (Å²) in [5.74, 6) is -0.312. The lowest BCUT2D eigenvalue weighted by molar-refractivity contribution is -0.153. The molecule has 0 bridgehead atoms. The maximum absolute atomic E-state index is 12.1. The molecule has 1 atom stereocenters. The second kappa shape index (κ2) is 10.0. The van der Waals surface area contributed by atoms with Gasteiger partial charge in [-0.3, -0.25) is 9.59 Å². The first kappa shape index (κ1) is 22.4. The molecule has 0 aliphatic heterocycles. The van der Waals surface area contributed by atoms with Crippen LogP contribution in [0.4, 0.5) is 5.69 Å². The largest absolute Gasteiger partial charge is 0.494 e. The zero-order chi connectivity index (χ0) is 21.4. The van der Waals surface area contributed by atoms with E-state index in [0.717, 1.165) is 11.3 Å². The first-order valence-electron chi connectivity index (χ1n) is 8.98. The summed E-state index contributed by atoms with van der Waals surface area (Å²) in [6.07, 6.45) is -0.429. The fourth-order valence-electron chi connectivity index (χ4n) is 2.32. The van der Waals surface area contributed by atoms with Crippen LogP contribution in [0.5, 0.6) is 5.75 Å². The molecule has 0 aliphatic rings. The molecule has 8 nitrogen and oxygen atoms in total. The number of rotatable bonds is 9. The van der Waals surface area contributed by atoms with Crippen molar-refractivity contribution >= 4 is 27.6 Å². The van der Waals surface area contributed by atoms with Crippen LogP contribution in [0.2, 0.25) is 0 Å². The number of hydrogen-bond acceptors (Lipinski definition) is 6. The molecule has 2 aromatic rings. The molecule has 0 heterocycles. The van der Waals surface area contributed by atoms with Gasteiger partial charge in [-0.15, -0.1) is 0 Å². The highest BCUT2D eigenvalue weighted by atomic mass is 32.2. The Hall–Kier alpha value is -2.91. The molecule has 0 aromatic heterocycles. The number of sulfonamides is 1. The summed E-state index contributed by atoms with van der Waals surface area (Å²) < 4.78 is 33.1. The molecule has 2 rings (SSSR count). The number of nitrogens with two attached hydrogens (primary N) is 1. The third kappa shape index (κ3) is 7.55. The molecule has 0 radical (unpaired) electrons. The monoisotopic (exact) mass is 420 g/mol. The fraction of sp³-hybridized carbons (Fsp3) is 0.300. The van der Waals surface area contributed by atoms with Gasteiger partial charge in [0, 0.05) is 12.1 Å². The number of nitrogens with one attached hydrogen (secondary N) is 1. The van der Waals surface area contributed by atoms with Gasteiger partial charge in [0.1, 0.15) is 5.75 Å². The number of benzene rings is 2. The number of carbonyl (C=O) groups is 2. The predicted molar refractivity (Wildman–Crippen MR) is 108 cm³/mol. The summed E-state index contributed by atoms with van der Waals surface area (Å²) in [5.41, 5.74) is 1.49. The highest BCUT2D eigenvalue weighted by molar-refractivity contribution is 7.89. The Labute approximate surface area is 170 Å². The first-order valence-corrected chi connectivity index (χ1v) is 10.5. The van der Waals surface area contributed by atoms with Gasteiger partial charge in [-0.05, 0) is 56.7 Å². The summed E-state index contributed by atoms with van der Waals surface area (Å²) in [6.45, 7) is 3.79. The Morgan fingerprint density at radius 3 is 2.28 bits per heavy atom. The van der Waals surface area contributed by atoms with Crippen LogP contribution in [-0.2, 0) is 24.3 Å². The van der Waals surface area contributed by atoms with Gasteiger partial charge in [0.25, 0.3) is 5.91 Å². The average molecular weight is 420 g/mol. The van der Waals surface area contributed by atoms with Crippen molar-refractivity contribution < 1.29 is 27.5 Å². The predicted octanol–water partition coefficient (Wildman–Crippen LogP) is 2.37. The first-order chi connectivity index (χ1) is 13.6. The van der Waals surface area contributed by atoms with Crippen LogP contribution in [0.15, 0.2) is 53.4 Å². The number of carbonyl (C=O) groups excluding carboxylic acids is 2. The van der Waals surface area contributed by atoms with Crippen LogP contribution in [0.3, 0.4) is 0 Å². The van der Waals surface area contributed by atoms with E-state index < -0.39 is 28.0 Å². The maximum atomic E-state index is 12.1. The van der Waals surface area contributed by atoms with Gasteiger partial charge in [-0.1, -0.05) is 17.7 Å². The normalized spacial score (nSPS) is 12.1. The molecule has 0 unspecified atom stereocenters. The fourth-order valence-corrected chi connectivity index (χ4v) is 2.84. The van der Waals surface area contributed by atoms with E-state index >= 15 is 0 Å². The van der Waals surface area contributed by atoms with Crippen molar-refractivity contribution in [3.8, 4) is 5.75 Å². The topological polar surface area (TPSA) is 125 Å². The van der Waals surface area contributed by atoms with Crippen LogP contribution in [0.1, 0.15) is 25.3 Å². The van der Waals surface area contributed by atoms with E-state index in [1.165, 1.54) is 31.2 Å². The van der Waals surface area contributed by atoms with Crippen molar-refractivity contribution in [2.24, 2.45) is 5.14 Å². The Morgan fingerprint density at radius 1 is 1.07 bits per heavy atom. The maximum Gasteiger partial charge on any atom is 0.306 e. The Morgan fingerprint density at radius 2 is 1.69 bits per heavy atom. The van der Waals surface area contributed by atoms with Gasteiger partial charge in [0.2, 0.25) is 10.0 Å². The molecule has 3 N–H and O–H groups in total. The lowest BCUT2D eigenvalue weighted by atomic mass is 10.2. The number of anilines is 1. The molecule has 9 heteroatoms. The zero-order valence-corrected chi connectivity index (χ0v) is 17.1. The molecule has 156 valence electrons. The van der Waals surface area contributed by atoms with Crippen LogP contribution in [0, 0.1) is 6.92 Å². The highest BCUT2D eigenvalue weighted by Crippen LogP contribution is 2.14. The molecular formula is C20H24N2O6S. The Bertz CT molecular complexity index is 940. The highest BCUT2D eigenvalue weighted by Gasteiger charge is 2.18. The third-order valence-electron chi connectivity index (χ3n) is 3.94. The number of hydrogen-bond donors (Lipinski definition) is 2. The van der Waals surface area contributed by atoms with E-state index in [9.17, 15) is 18.0 Å². The van der Waals surface area contributed by atoms with E-state index in [0.29, 0.717) is 18.7 Å². The van der Waals surface area contributed by atoms with Gasteiger partial charge >= 0.3 is 5.97 Å². The van der Waals surface area contributed by atoms with Crippen molar-refractivity contribution in [2.75, 3.05) is 11.9 Å². The summed E-state index contributed by atoms with van der Waals surface area (Å²) in [6, 6.07) is 12.9. The van der Waals surface area contributed by atoms with E-state index in [2.05, 4.69) is 5.32 Å². The van der Waals surface area contributed by atoms with Gasteiger partial charge in [-0.25, -0.2) is 13.6 Å². The van der Waals surface area contributed by atoms with Crippen LogP contribution < -0.4 is 15.2 Å². The van der Waals surface area contributed by atoms with Gasteiger partial charge in [-0.2, -0.15) is 0 Å². The van der Waals surface area contributed by atoms with E-state index in [1.807, 2.05) is 31.2 Å². The van der Waals surface area contributed by atoms with Crippen molar-refractivity contribution in [1.29, 1.82) is 0 Å². The average Bonchev–Trinajstić information content (AvgIpc) is 2.66. The van der Waals surface area contributed by atoms with Crippen molar-refractivity contribution in [2.45, 2.75) is 37.7 Å². The van der Waals surface area contributed by atoms with E-state index in [-0.39, 0.29) is 11.3 Å². The number of amides is 1. The van der Waals surface area contributed by atoms with E-state index in [1.54, 1.807) is 0 Å². The summed E-state index contributed by atoms with van der Waals surface area (Å²) >= 11 is 0. The standard InChI is InChI=1S/C20H24N2O6S/c1-14-5-9-17(10-6-14)27-13-3-4-19(23)28-15(2)20(24)22-16-7-11-18(12-8-16)29(21,25)26/h5-12,15H,3-4,13H2,1-2H3,(H,22,24)(H2,21,25,26)/t15-/m1/s1. The minimum absolute atomic E-state index is 0.0668. The molecule has 0 saturated carbocycles. The smallest absolute Gasteiger partial charge is 0.306 e. The van der Waals surface area contributed by atoms with Crippen molar-refractivity contribution in [1.82, 2.24) is 0 Å². The molecule has 2 aromatic carbocycles. The number of esters is 1. The number of aryl methyl sites for hydroxylation is 1. The van der Waals surface area contributed by atoms with Crippen molar-refractivity contribution in [3.63, 3.8) is 0 Å². The molecular weight excluding hydrogens is 396 g/mol. The molecule has 1 amide bonds. The minimum Gasteiger partial charge on any atom is -0.494 e. The minimum atomic E-state index is -3.80.